The van der Waals surface area contributed by atoms with Crippen LogP contribution in [0.5, 0.6) is 0 Å². The maximum absolute atomic E-state index is 11.8. The minimum Gasteiger partial charge on any atom is -0.368 e. The largest absolute Gasteiger partial charge is 0.368 e. The summed E-state index contributed by atoms with van der Waals surface area (Å²) in [7, 11) is 0. The first-order valence-electron chi connectivity index (χ1n) is 5.47. The number of nitrogens with one attached hydrogen (secondary N) is 2. The van der Waals surface area contributed by atoms with Crippen LogP contribution in [-0.4, -0.2) is 29.6 Å². The Morgan fingerprint density at radius 1 is 1.53 bits per heavy atom. The fraction of sp³-hybridized carbons (Fsp3) is 0.182. The van der Waals surface area contributed by atoms with Crippen LogP contribution in [0.25, 0.3) is 0 Å². The SMILES string of the molecule is NC1=N/C(=C/CCNC(=O)c2cc(Br)c(Br)[nH]2)C=N1. The van der Waals surface area contributed by atoms with E-state index >= 15 is 0 Å². The van der Waals surface area contributed by atoms with Crippen molar-refractivity contribution < 1.29 is 4.79 Å². The number of rotatable bonds is 4. The highest BCUT2D eigenvalue weighted by Crippen LogP contribution is 2.22. The first-order chi connectivity index (χ1) is 9.06. The van der Waals surface area contributed by atoms with E-state index in [1.54, 1.807) is 12.3 Å². The number of halogens is 2. The molecule has 1 aromatic heterocycles. The molecule has 8 heteroatoms. The van der Waals surface area contributed by atoms with Crippen molar-refractivity contribution in [1.82, 2.24) is 10.3 Å². The Kier molecular flexibility index (Phi) is 4.54. The predicted octanol–water partition coefficient (Wildman–Crippen LogP) is 1.94. The van der Waals surface area contributed by atoms with Crippen molar-refractivity contribution in [1.29, 1.82) is 0 Å². The Labute approximate surface area is 126 Å². The molecule has 0 saturated heterocycles. The first kappa shape index (κ1) is 14.0. The molecule has 0 radical (unpaired) electrons. The average Bonchev–Trinajstić information content (AvgIpc) is 2.92. The summed E-state index contributed by atoms with van der Waals surface area (Å²) in [5.41, 5.74) is 6.61. The Morgan fingerprint density at radius 2 is 2.32 bits per heavy atom. The molecule has 0 spiro atoms. The number of aromatic nitrogens is 1. The molecule has 0 aliphatic carbocycles. The van der Waals surface area contributed by atoms with Crippen LogP contribution in [0.15, 0.2) is 36.9 Å². The summed E-state index contributed by atoms with van der Waals surface area (Å²) in [6.45, 7) is 0.514. The molecule has 1 aliphatic rings. The molecule has 6 nitrogen and oxygen atoms in total. The molecule has 0 unspecified atom stereocenters. The molecule has 1 aliphatic heterocycles. The lowest BCUT2D eigenvalue weighted by Crippen LogP contribution is -2.24. The fourth-order valence-corrected chi connectivity index (χ4v) is 2.10. The molecule has 0 aromatic carbocycles. The van der Waals surface area contributed by atoms with Gasteiger partial charge in [-0.1, -0.05) is 6.08 Å². The second kappa shape index (κ2) is 6.16. The van der Waals surface area contributed by atoms with Gasteiger partial charge in [0.15, 0.2) is 0 Å². The Balaban J connectivity index is 1.80. The normalized spacial score (nSPS) is 15.9. The van der Waals surface area contributed by atoms with E-state index in [4.69, 9.17) is 5.73 Å². The van der Waals surface area contributed by atoms with Crippen molar-refractivity contribution in [3.05, 3.63) is 32.6 Å². The van der Waals surface area contributed by atoms with E-state index in [0.29, 0.717) is 18.7 Å². The Morgan fingerprint density at radius 3 is 2.89 bits per heavy atom. The zero-order valence-electron chi connectivity index (χ0n) is 9.78. The third-order valence-corrected chi connectivity index (χ3v) is 4.11. The summed E-state index contributed by atoms with van der Waals surface area (Å²) in [5.74, 6) is 0.101. The number of allylic oxidation sites excluding steroid dienone is 1. The van der Waals surface area contributed by atoms with E-state index in [9.17, 15) is 4.79 Å². The molecule has 0 saturated carbocycles. The van der Waals surface area contributed by atoms with Crippen molar-refractivity contribution in [3.8, 4) is 0 Å². The minimum absolute atomic E-state index is 0.159. The van der Waals surface area contributed by atoms with Crippen LogP contribution in [0.1, 0.15) is 16.9 Å². The number of H-pyrrole nitrogens is 1. The van der Waals surface area contributed by atoms with Crippen molar-refractivity contribution in [2.45, 2.75) is 6.42 Å². The van der Waals surface area contributed by atoms with Crippen LogP contribution in [0.4, 0.5) is 0 Å². The second-order valence-corrected chi connectivity index (χ2v) is 5.39. The third kappa shape index (κ3) is 3.77. The van der Waals surface area contributed by atoms with Gasteiger partial charge >= 0.3 is 0 Å². The zero-order valence-corrected chi connectivity index (χ0v) is 13.0. The number of hydrogen-bond donors (Lipinski definition) is 3. The van der Waals surface area contributed by atoms with Crippen LogP contribution in [0, 0.1) is 0 Å². The average molecular weight is 389 g/mol. The maximum atomic E-state index is 11.8. The molecular formula is C11H11Br2N5O. The second-order valence-electron chi connectivity index (χ2n) is 3.75. The first-order valence-corrected chi connectivity index (χ1v) is 7.05. The van der Waals surface area contributed by atoms with E-state index in [-0.39, 0.29) is 11.9 Å². The van der Waals surface area contributed by atoms with Crippen molar-refractivity contribution in [2.75, 3.05) is 6.54 Å². The summed E-state index contributed by atoms with van der Waals surface area (Å²) in [6, 6.07) is 1.71. The van der Waals surface area contributed by atoms with Crippen molar-refractivity contribution in [2.24, 2.45) is 15.7 Å². The summed E-state index contributed by atoms with van der Waals surface area (Å²) in [5, 5.41) is 2.79. The van der Waals surface area contributed by atoms with Crippen LogP contribution in [0.3, 0.4) is 0 Å². The minimum atomic E-state index is -0.159. The molecule has 0 fully saturated rings. The monoisotopic (exact) mass is 387 g/mol. The molecule has 4 N–H and O–H groups in total. The number of amides is 1. The van der Waals surface area contributed by atoms with Gasteiger partial charge in [-0.05, 0) is 44.3 Å². The lowest BCUT2D eigenvalue weighted by atomic mass is 10.3. The van der Waals surface area contributed by atoms with Gasteiger partial charge in [-0.25, -0.2) is 9.98 Å². The summed E-state index contributed by atoms with van der Waals surface area (Å²) < 4.78 is 1.55. The zero-order chi connectivity index (χ0) is 13.8. The van der Waals surface area contributed by atoms with Crippen LogP contribution >= 0.6 is 31.9 Å². The standard InChI is InChI=1S/C11H11Br2N5O/c12-7-4-8(18-9(7)13)10(19)15-3-1-2-6-5-16-11(14)17-6/h2,4-5,18H,1,3H2,(H2,14,17)(H,15,19)/b6-2+. The van der Waals surface area contributed by atoms with Gasteiger partial charge in [0.2, 0.25) is 5.96 Å². The molecule has 2 rings (SSSR count). The molecule has 2 heterocycles. The lowest BCUT2D eigenvalue weighted by Gasteiger charge is -2.00. The number of hydrogen-bond acceptors (Lipinski definition) is 4. The lowest BCUT2D eigenvalue weighted by molar-refractivity contribution is 0.0950. The Bertz CT molecular complexity index is 568. The number of aromatic amines is 1. The Hall–Kier alpha value is -1.41. The number of nitrogens with two attached hydrogens (primary N) is 1. The summed E-state index contributed by atoms with van der Waals surface area (Å²) in [4.78, 5) is 22.5. The third-order valence-electron chi connectivity index (χ3n) is 2.33. The molecule has 1 aromatic rings. The van der Waals surface area contributed by atoms with Gasteiger partial charge in [0.05, 0.1) is 21.0 Å². The number of carbonyl (C=O) groups excluding carboxylic acids is 1. The van der Waals surface area contributed by atoms with E-state index < -0.39 is 0 Å². The van der Waals surface area contributed by atoms with Crippen LogP contribution in [0.2, 0.25) is 0 Å². The molecule has 100 valence electrons. The van der Waals surface area contributed by atoms with Gasteiger partial charge in [0.1, 0.15) is 5.69 Å². The van der Waals surface area contributed by atoms with E-state index in [0.717, 1.165) is 14.8 Å². The van der Waals surface area contributed by atoms with Gasteiger partial charge in [-0.2, -0.15) is 0 Å². The topological polar surface area (TPSA) is 95.6 Å². The van der Waals surface area contributed by atoms with Crippen molar-refractivity contribution in [3.63, 3.8) is 0 Å². The van der Waals surface area contributed by atoms with E-state index in [1.807, 2.05) is 6.08 Å². The molecular weight excluding hydrogens is 378 g/mol. The number of nitrogens with zero attached hydrogens (tertiary/aromatic N) is 2. The van der Waals surface area contributed by atoms with E-state index in [1.165, 1.54) is 0 Å². The number of carbonyl (C=O) groups is 1. The molecule has 19 heavy (non-hydrogen) atoms. The van der Waals surface area contributed by atoms with Crippen LogP contribution < -0.4 is 11.1 Å². The highest BCUT2D eigenvalue weighted by molar-refractivity contribution is 9.13. The summed E-state index contributed by atoms with van der Waals surface area (Å²) >= 11 is 6.59. The van der Waals surface area contributed by atoms with Gasteiger partial charge in [-0.3, -0.25) is 4.79 Å². The molecule has 0 atom stereocenters. The van der Waals surface area contributed by atoms with Gasteiger partial charge in [0, 0.05) is 6.54 Å². The summed E-state index contributed by atoms with van der Waals surface area (Å²) in [6.07, 6.45) is 4.12. The maximum Gasteiger partial charge on any atom is 0.267 e. The molecule has 0 bridgehead atoms. The van der Waals surface area contributed by atoms with Gasteiger partial charge in [-0.15, -0.1) is 0 Å². The smallest absolute Gasteiger partial charge is 0.267 e. The van der Waals surface area contributed by atoms with Crippen LogP contribution in [-0.2, 0) is 0 Å². The quantitative estimate of drug-likeness (QED) is 0.687. The fourth-order valence-electron chi connectivity index (χ4n) is 1.45. The highest BCUT2D eigenvalue weighted by Gasteiger charge is 2.10. The van der Waals surface area contributed by atoms with Gasteiger partial charge < -0.3 is 16.0 Å². The van der Waals surface area contributed by atoms with Gasteiger partial charge in [0.25, 0.3) is 5.91 Å². The predicted molar refractivity (Wildman–Crippen MR) is 81.3 cm³/mol. The van der Waals surface area contributed by atoms with E-state index in [2.05, 4.69) is 52.1 Å². The number of aliphatic imine (C=N–C) groups is 2. The number of guanidine groups is 1. The molecule has 1 amide bonds. The highest BCUT2D eigenvalue weighted by atomic mass is 79.9. The van der Waals surface area contributed by atoms with Crippen molar-refractivity contribution >= 4 is 49.9 Å².